The summed E-state index contributed by atoms with van der Waals surface area (Å²) in [5.74, 6) is 1.54. The number of amides is 1. The average Bonchev–Trinajstić information content (AvgIpc) is 2.37. The van der Waals surface area contributed by atoms with Crippen molar-refractivity contribution in [2.45, 2.75) is 38.7 Å². The van der Waals surface area contributed by atoms with Crippen LogP contribution >= 0.6 is 12.4 Å². The van der Waals surface area contributed by atoms with Crippen LogP contribution in [-0.2, 0) is 9.53 Å². The van der Waals surface area contributed by atoms with Gasteiger partial charge in [0.15, 0.2) is 0 Å². The number of hydrogen-bond acceptors (Lipinski definition) is 3. The molecule has 0 aromatic carbocycles. The predicted octanol–water partition coefficient (Wildman–Crippen LogP) is 1.34. The summed E-state index contributed by atoms with van der Waals surface area (Å²) in [6.45, 7) is 5.26. The number of halogens is 1. The van der Waals surface area contributed by atoms with Gasteiger partial charge in [-0.3, -0.25) is 4.79 Å². The summed E-state index contributed by atoms with van der Waals surface area (Å²) in [7, 11) is 0. The summed E-state index contributed by atoms with van der Waals surface area (Å²) in [5, 5.41) is 6.21. The lowest BCUT2D eigenvalue weighted by atomic mass is 9.82. The van der Waals surface area contributed by atoms with Crippen LogP contribution in [0.3, 0.4) is 0 Å². The number of ether oxygens (including phenoxy) is 1. The number of carbonyl (C=O) groups excluding carboxylic acids is 1. The summed E-state index contributed by atoms with van der Waals surface area (Å²) in [6.07, 6.45) is 4.88. The quantitative estimate of drug-likeness (QED) is 0.818. The molecule has 1 saturated carbocycles. The molecule has 0 bridgehead atoms. The van der Waals surface area contributed by atoms with Gasteiger partial charge in [0.1, 0.15) is 6.10 Å². The monoisotopic (exact) mass is 276 g/mol. The highest BCUT2D eigenvalue weighted by atomic mass is 35.5. The molecule has 3 unspecified atom stereocenters. The van der Waals surface area contributed by atoms with E-state index < -0.39 is 0 Å². The van der Waals surface area contributed by atoms with Gasteiger partial charge >= 0.3 is 0 Å². The van der Waals surface area contributed by atoms with Crippen molar-refractivity contribution in [2.75, 3.05) is 26.2 Å². The highest BCUT2D eigenvalue weighted by Crippen LogP contribution is 2.27. The van der Waals surface area contributed by atoms with Gasteiger partial charge in [0.25, 0.3) is 0 Å². The van der Waals surface area contributed by atoms with E-state index >= 15 is 0 Å². The molecular formula is C13H25ClN2O2. The van der Waals surface area contributed by atoms with E-state index in [1.165, 1.54) is 25.7 Å². The van der Waals surface area contributed by atoms with Crippen molar-refractivity contribution in [3.05, 3.63) is 0 Å². The van der Waals surface area contributed by atoms with Crippen LogP contribution in [0.4, 0.5) is 0 Å². The van der Waals surface area contributed by atoms with Gasteiger partial charge in [-0.05, 0) is 24.7 Å². The Balaban J connectivity index is 0.00000162. The highest BCUT2D eigenvalue weighted by Gasteiger charge is 2.24. The lowest BCUT2D eigenvalue weighted by Gasteiger charge is -2.28. The fourth-order valence-corrected chi connectivity index (χ4v) is 2.84. The Kier molecular flexibility index (Phi) is 6.97. The van der Waals surface area contributed by atoms with E-state index in [9.17, 15) is 4.79 Å². The minimum Gasteiger partial charge on any atom is -0.366 e. The smallest absolute Gasteiger partial charge is 0.250 e. The van der Waals surface area contributed by atoms with Crippen LogP contribution < -0.4 is 10.6 Å². The molecule has 0 radical (unpaired) electrons. The van der Waals surface area contributed by atoms with E-state index in [0.717, 1.165) is 19.0 Å². The molecular weight excluding hydrogens is 252 g/mol. The third-order valence-electron chi connectivity index (χ3n) is 3.83. The van der Waals surface area contributed by atoms with Crippen LogP contribution in [0.25, 0.3) is 0 Å². The van der Waals surface area contributed by atoms with Crippen LogP contribution in [0.2, 0.25) is 0 Å². The predicted molar refractivity (Wildman–Crippen MR) is 74.0 cm³/mol. The summed E-state index contributed by atoms with van der Waals surface area (Å²) in [4.78, 5) is 11.8. The standard InChI is InChI=1S/C13H24N2O2.ClH/c1-10-3-2-4-11(7-10)8-15-13(16)12-9-14-5-6-17-12;/h10-12,14H,2-9H2,1H3,(H,15,16);1H. The summed E-state index contributed by atoms with van der Waals surface area (Å²) in [6, 6.07) is 0. The molecule has 1 amide bonds. The maximum Gasteiger partial charge on any atom is 0.250 e. The van der Waals surface area contributed by atoms with Crippen LogP contribution in [0.1, 0.15) is 32.6 Å². The van der Waals surface area contributed by atoms with Gasteiger partial charge in [-0.25, -0.2) is 0 Å². The van der Waals surface area contributed by atoms with Crippen LogP contribution in [0, 0.1) is 11.8 Å². The van der Waals surface area contributed by atoms with Crippen molar-refractivity contribution in [3.63, 3.8) is 0 Å². The van der Waals surface area contributed by atoms with E-state index in [1.807, 2.05) is 0 Å². The Morgan fingerprint density at radius 2 is 2.28 bits per heavy atom. The van der Waals surface area contributed by atoms with Crippen molar-refractivity contribution in [3.8, 4) is 0 Å². The topological polar surface area (TPSA) is 50.4 Å². The first-order valence-electron chi connectivity index (χ1n) is 6.85. The van der Waals surface area contributed by atoms with E-state index in [-0.39, 0.29) is 24.4 Å². The fourth-order valence-electron chi connectivity index (χ4n) is 2.84. The maximum atomic E-state index is 11.8. The Morgan fingerprint density at radius 3 is 2.94 bits per heavy atom. The Bertz CT molecular complexity index is 257. The molecule has 18 heavy (non-hydrogen) atoms. The molecule has 5 heteroatoms. The van der Waals surface area contributed by atoms with Crippen molar-refractivity contribution in [1.82, 2.24) is 10.6 Å². The molecule has 2 N–H and O–H groups in total. The summed E-state index contributed by atoms with van der Waals surface area (Å²) < 4.78 is 5.43. The lowest BCUT2D eigenvalue weighted by Crippen LogP contribution is -2.48. The zero-order valence-electron chi connectivity index (χ0n) is 11.1. The van der Waals surface area contributed by atoms with Crippen molar-refractivity contribution < 1.29 is 9.53 Å². The SMILES string of the molecule is CC1CCCC(CNC(=O)C2CNCCO2)C1.Cl. The second kappa shape index (κ2) is 7.97. The zero-order chi connectivity index (χ0) is 12.1. The number of rotatable bonds is 3. The molecule has 3 atom stereocenters. The molecule has 2 aliphatic rings. The van der Waals surface area contributed by atoms with Gasteiger partial charge in [0.2, 0.25) is 5.91 Å². The summed E-state index contributed by atoms with van der Waals surface area (Å²) in [5.41, 5.74) is 0. The second-order valence-electron chi connectivity index (χ2n) is 5.45. The molecule has 0 spiro atoms. The van der Waals surface area contributed by atoms with Crippen LogP contribution in [0.5, 0.6) is 0 Å². The van der Waals surface area contributed by atoms with Crippen molar-refractivity contribution in [2.24, 2.45) is 11.8 Å². The largest absolute Gasteiger partial charge is 0.366 e. The number of nitrogens with one attached hydrogen (secondary N) is 2. The third-order valence-corrected chi connectivity index (χ3v) is 3.83. The number of carbonyl (C=O) groups is 1. The number of morpholine rings is 1. The van der Waals surface area contributed by atoms with Gasteiger partial charge in [0.05, 0.1) is 6.61 Å². The second-order valence-corrected chi connectivity index (χ2v) is 5.45. The van der Waals surface area contributed by atoms with E-state index in [4.69, 9.17) is 4.74 Å². The normalized spacial score (nSPS) is 32.4. The van der Waals surface area contributed by atoms with Gasteiger partial charge in [-0.15, -0.1) is 12.4 Å². The Hall–Kier alpha value is -0.320. The molecule has 0 aromatic heterocycles. The number of hydrogen-bond donors (Lipinski definition) is 2. The van der Waals surface area contributed by atoms with E-state index in [1.54, 1.807) is 0 Å². The molecule has 1 heterocycles. The van der Waals surface area contributed by atoms with Gasteiger partial charge in [-0.2, -0.15) is 0 Å². The first kappa shape index (κ1) is 15.7. The molecule has 1 aliphatic heterocycles. The van der Waals surface area contributed by atoms with Crippen LogP contribution in [0.15, 0.2) is 0 Å². The minimum absolute atomic E-state index is 0. The molecule has 2 fully saturated rings. The van der Waals surface area contributed by atoms with Crippen LogP contribution in [-0.4, -0.2) is 38.3 Å². The maximum absolute atomic E-state index is 11.8. The zero-order valence-corrected chi connectivity index (χ0v) is 11.9. The first-order valence-corrected chi connectivity index (χ1v) is 6.85. The lowest BCUT2D eigenvalue weighted by molar-refractivity contribution is -0.134. The Labute approximate surface area is 116 Å². The molecule has 1 aliphatic carbocycles. The minimum atomic E-state index is -0.287. The van der Waals surface area contributed by atoms with E-state index in [0.29, 0.717) is 19.1 Å². The molecule has 4 nitrogen and oxygen atoms in total. The van der Waals surface area contributed by atoms with Gasteiger partial charge < -0.3 is 15.4 Å². The first-order chi connectivity index (χ1) is 8.25. The Morgan fingerprint density at radius 1 is 1.44 bits per heavy atom. The summed E-state index contributed by atoms with van der Waals surface area (Å²) >= 11 is 0. The van der Waals surface area contributed by atoms with Gasteiger partial charge in [0, 0.05) is 19.6 Å². The fraction of sp³-hybridized carbons (Fsp3) is 0.923. The van der Waals surface area contributed by atoms with Crippen molar-refractivity contribution >= 4 is 18.3 Å². The van der Waals surface area contributed by atoms with Crippen molar-refractivity contribution in [1.29, 1.82) is 0 Å². The highest BCUT2D eigenvalue weighted by molar-refractivity contribution is 5.85. The van der Waals surface area contributed by atoms with E-state index in [2.05, 4.69) is 17.6 Å². The molecule has 1 saturated heterocycles. The molecule has 2 rings (SSSR count). The third kappa shape index (κ3) is 4.75. The molecule has 0 aromatic rings. The van der Waals surface area contributed by atoms with Gasteiger partial charge in [-0.1, -0.05) is 19.8 Å². The molecule has 106 valence electrons. The average molecular weight is 277 g/mol.